The van der Waals surface area contributed by atoms with E-state index in [1.54, 1.807) is 0 Å². The number of nitrogens with two attached hydrogens (primary N) is 1. The zero-order valence-electron chi connectivity index (χ0n) is 12.0. The van der Waals surface area contributed by atoms with E-state index >= 15 is 0 Å². The molecule has 5 heteroatoms. The number of aryl methyl sites for hydroxylation is 2. The number of carbonyl (C=O) groups is 1. The molecule has 3 N–H and O–H groups in total. The van der Waals surface area contributed by atoms with E-state index in [2.05, 4.69) is 11.5 Å². The summed E-state index contributed by atoms with van der Waals surface area (Å²) >= 11 is 0. The molecule has 1 amide bonds. The second-order valence-electron chi connectivity index (χ2n) is 4.78. The Bertz CT molecular complexity index is 483. The smallest absolute Gasteiger partial charge is 0.233 e. The highest BCUT2D eigenvalue weighted by atomic mass is 16.5. The van der Waals surface area contributed by atoms with Crippen LogP contribution in [0.2, 0.25) is 0 Å². The van der Waals surface area contributed by atoms with Gasteiger partial charge in [-0.15, -0.1) is 0 Å². The van der Waals surface area contributed by atoms with Gasteiger partial charge in [0.2, 0.25) is 5.91 Å². The Balaban J connectivity index is 2.36. The zero-order chi connectivity index (χ0) is 15.0. The van der Waals surface area contributed by atoms with Crippen molar-refractivity contribution < 1.29 is 9.53 Å². The molecule has 20 heavy (non-hydrogen) atoms. The van der Waals surface area contributed by atoms with Gasteiger partial charge in [0, 0.05) is 6.42 Å². The van der Waals surface area contributed by atoms with E-state index in [1.165, 1.54) is 0 Å². The second kappa shape index (κ2) is 8.18. The van der Waals surface area contributed by atoms with Crippen LogP contribution in [0.4, 0.5) is 0 Å². The van der Waals surface area contributed by atoms with Gasteiger partial charge in [-0.25, -0.2) is 5.84 Å². The molecule has 0 saturated heterocycles. The predicted molar refractivity (Wildman–Crippen MR) is 76.9 cm³/mol. The van der Waals surface area contributed by atoms with Crippen LogP contribution in [-0.4, -0.2) is 12.5 Å². The Morgan fingerprint density at radius 2 is 1.95 bits per heavy atom. The third-order valence-electron chi connectivity index (χ3n) is 3.04. The standard InChI is InChI=1S/C15H21N3O2/c1-11-8-13(10-16)9-12(2)15(11)20-7-5-3-4-6-14(19)18-17/h8-9H,3-7,17H2,1-2H3,(H,18,19). The molecule has 0 aliphatic carbocycles. The van der Waals surface area contributed by atoms with Crippen molar-refractivity contribution in [1.29, 1.82) is 5.26 Å². The lowest BCUT2D eigenvalue weighted by atomic mass is 10.1. The number of carbonyl (C=O) groups excluding carboxylic acids is 1. The third-order valence-corrected chi connectivity index (χ3v) is 3.04. The first-order valence-electron chi connectivity index (χ1n) is 6.72. The summed E-state index contributed by atoms with van der Waals surface area (Å²) in [5, 5.41) is 8.88. The molecule has 1 aromatic rings. The number of nitrogens with zero attached hydrogens (tertiary/aromatic N) is 1. The van der Waals surface area contributed by atoms with E-state index in [0.29, 0.717) is 18.6 Å². The van der Waals surface area contributed by atoms with Gasteiger partial charge in [-0.05, 0) is 56.4 Å². The van der Waals surface area contributed by atoms with Crippen molar-refractivity contribution in [1.82, 2.24) is 5.43 Å². The number of nitrogens with one attached hydrogen (secondary N) is 1. The molecule has 0 spiro atoms. The fourth-order valence-corrected chi connectivity index (χ4v) is 2.05. The maximum absolute atomic E-state index is 10.9. The molecule has 0 fully saturated rings. The van der Waals surface area contributed by atoms with Gasteiger partial charge >= 0.3 is 0 Å². The molecule has 0 heterocycles. The lowest BCUT2D eigenvalue weighted by molar-refractivity contribution is -0.121. The van der Waals surface area contributed by atoms with Crippen LogP contribution in [0, 0.1) is 25.2 Å². The highest BCUT2D eigenvalue weighted by Gasteiger charge is 2.06. The quantitative estimate of drug-likeness (QED) is 0.345. The highest BCUT2D eigenvalue weighted by Crippen LogP contribution is 2.24. The van der Waals surface area contributed by atoms with Gasteiger partial charge in [-0.3, -0.25) is 10.2 Å². The van der Waals surface area contributed by atoms with Crippen molar-refractivity contribution in [3.8, 4) is 11.8 Å². The molecule has 0 atom stereocenters. The normalized spacial score (nSPS) is 9.90. The molecule has 0 saturated carbocycles. The lowest BCUT2D eigenvalue weighted by Gasteiger charge is -2.12. The fraction of sp³-hybridized carbons (Fsp3) is 0.467. The van der Waals surface area contributed by atoms with E-state index in [4.69, 9.17) is 15.8 Å². The van der Waals surface area contributed by atoms with E-state index in [9.17, 15) is 4.79 Å². The van der Waals surface area contributed by atoms with E-state index in [-0.39, 0.29) is 5.91 Å². The molecule has 0 unspecified atom stereocenters. The number of benzene rings is 1. The Morgan fingerprint density at radius 3 is 2.50 bits per heavy atom. The van der Waals surface area contributed by atoms with Crippen LogP contribution in [0.3, 0.4) is 0 Å². The van der Waals surface area contributed by atoms with Crippen LogP contribution in [0.1, 0.15) is 42.4 Å². The minimum Gasteiger partial charge on any atom is -0.493 e. The summed E-state index contributed by atoms with van der Waals surface area (Å²) < 4.78 is 5.77. The van der Waals surface area contributed by atoms with Crippen molar-refractivity contribution in [2.45, 2.75) is 39.5 Å². The molecule has 0 aromatic heterocycles. The van der Waals surface area contributed by atoms with Gasteiger partial charge in [-0.2, -0.15) is 5.26 Å². The van der Waals surface area contributed by atoms with Crippen molar-refractivity contribution >= 4 is 5.91 Å². The largest absolute Gasteiger partial charge is 0.493 e. The minimum atomic E-state index is -0.135. The number of hydrazine groups is 1. The Hall–Kier alpha value is -2.06. The number of amides is 1. The summed E-state index contributed by atoms with van der Waals surface area (Å²) in [5.74, 6) is 5.71. The molecule has 5 nitrogen and oxygen atoms in total. The molecule has 0 aliphatic heterocycles. The van der Waals surface area contributed by atoms with E-state index < -0.39 is 0 Å². The van der Waals surface area contributed by atoms with Crippen LogP contribution in [0.15, 0.2) is 12.1 Å². The molecule has 0 bridgehead atoms. The van der Waals surface area contributed by atoms with Crippen LogP contribution < -0.4 is 16.0 Å². The van der Waals surface area contributed by atoms with Gasteiger partial charge in [0.15, 0.2) is 0 Å². The highest BCUT2D eigenvalue weighted by molar-refractivity contribution is 5.75. The molecule has 1 aromatic carbocycles. The molecule has 0 aliphatic rings. The monoisotopic (exact) mass is 275 g/mol. The van der Waals surface area contributed by atoms with Gasteiger partial charge in [0.1, 0.15) is 5.75 Å². The summed E-state index contributed by atoms with van der Waals surface area (Å²) in [6.45, 7) is 4.49. The average Bonchev–Trinajstić information content (AvgIpc) is 2.44. The fourth-order valence-electron chi connectivity index (χ4n) is 2.05. The summed E-state index contributed by atoms with van der Waals surface area (Å²) in [4.78, 5) is 10.9. The number of unbranched alkanes of at least 4 members (excludes halogenated alkanes) is 2. The summed E-state index contributed by atoms with van der Waals surface area (Å²) in [5.41, 5.74) is 4.72. The summed E-state index contributed by atoms with van der Waals surface area (Å²) in [6, 6.07) is 5.79. The number of nitriles is 1. The van der Waals surface area contributed by atoms with Crippen LogP contribution in [0.25, 0.3) is 0 Å². The van der Waals surface area contributed by atoms with Gasteiger partial charge < -0.3 is 4.74 Å². The molecule has 1 rings (SSSR count). The second-order valence-corrected chi connectivity index (χ2v) is 4.78. The molecular formula is C15H21N3O2. The van der Waals surface area contributed by atoms with Crippen molar-refractivity contribution in [3.63, 3.8) is 0 Å². The first-order chi connectivity index (χ1) is 9.58. The maximum atomic E-state index is 10.9. The Labute approximate surface area is 119 Å². The number of rotatable bonds is 7. The average molecular weight is 275 g/mol. The van der Waals surface area contributed by atoms with Crippen molar-refractivity contribution in [3.05, 3.63) is 28.8 Å². The Kier molecular flexibility index (Phi) is 6.54. The van der Waals surface area contributed by atoms with Crippen LogP contribution >= 0.6 is 0 Å². The third kappa shape index (κ3) is 4.90. The Morgan fingerprint density at radius 1 is 1.30 bits per heavy atom. The minimum absolute atomic E-state index is 0.135. The summed E-state index contributed by atoms with van der Waals surface area (Å²) in [7, 11) is 0. The number of ether oxygens (including phenoxy) is 1. The van der Waals surface area contributed by atoms with Crippen molar-refractivity contribution in [2.75, 3.05) is 6.61 Å². The first-order valence-corrected chi connectivity index (χ1v) is 6.72. The van der Waals surface area contributed by atoms with Crippen molar-refractivity contribution in [2.24, 2.45) is 5.84 Å². The predicted octanol–water partition coefficient (Wildman–Crippen LogP) is 2.10. The molecular weight excluding hydrogens is 254 g/mol. The number of hydrogen-bond donors (Lipinski definition) is 2. The SMILES string of the molecule is Cc1cc(C#N)cc(C)c1OCCCCCC(=O)NN. The van der Waals surface area contributed by atoms with Gasteiger partial charge in [-0.1, -0.05) is 0 Å². The van der Waals surface area contributed by atoms with Gasteiger partial charge in [0.05, 0.1) is 18.2 Å². The molecule has 0 radical (unpaired) electrons. The molecule has 108 valence electrons. The first kappa shape index (κ1) is 16.0. The lowest BCUT2D eigenvalue weighted by Crippen LogP contribution is -2.29. The van der Waals surface area contributed by atoms with Crippen LogP contribution in [-0.2, 0) is 4.79 Å². The number of hydrogen-bond acceptors (Lipinski definition) is 4. The van der Waals surface area contributed by atoms with E-state index in [0.717, 1.165) is 36.1 Å². The topological polar surface area (TPSA) is 88.1 Å². The summed E-state index contributed by atoms with van der Waals surface area (Å²) in [6.07, 6.45) is 3.06. The van der Waals surface area contributed by atoms with E-state index in [1.807, 2.05) is 26.0 Å². The van der Waals surface area contributed by atoms with Crippen LogP contribution in [0.5, 0.6) is 5.75 Å². The maximum Gasteiger partial charge on any atom is 0.233 e. The van der Waals surface area contributed by atoms with Gasteiger partial charge in [0.25, 0.3) is 0 Å². The zero-order valence-corrected chi connectivity index (χ0v) is 12.0.